The van der Waals surface area contributed by atoms with Crippen molar-refractivity contribution in [2.45, 2.75) is 52.5 Å². The van der Waals surface area contributed by atoms with Crippen molar-refractivity contribution in [3.8, 4) is 0 Å². The van der Waals surface area contributed by atoms with Gasteiger partial charge in [0, 0.05) is 38.0 Å². The number of hydrogen-bond acceptors (Lipinski definition) is 5. The summed E-state index contributed by atoms with van der Waals surface area (Å²) in [6, 6.07) is 0. The first kappa shape index (κ1) is 19.2. The minimum atomic E-state index is 0.178. The highest BCUT2D eigenvalue weighted by Gasteiger charge is 2.28. The lowest BCUT2D eigenvalue weighted by atomic mass is 9.99. The molecule has 29 heavy (non-hydrogen) atoms. The number of anilines is 1. The van der Waals surface area contributed by atoms with E-state index in [-0.39, 0.29) is 5.91 Å². The van der Waals surface area contributed by atoms with Crippen molar-refractivity contribution in [2.75, 3.05) is 44.2 Å². The number of fused-ring (bicyclic) bond motifs is 3. The Morgan fingerprint density at radius 1 is 1.14 bits per heavy atom. The fraction of sp³-hybridized carbons (Fsp3) is 0.682. The van der Waals surface area contributed by atoms with E-state index < -0.39 is 0 Å². The number of quaternary nitrogens is 1. The van der Waals surface area contributed by atoms with Crippen LogP contribution in [-0.4, -0.2) is 60.0 Å². The third-order valence-electron chi connectivity index (χ3n) is 7.01. The van der Waals surface area contributed by atoms with Crippen molar-refractivity contribution in [2.24, 2.45) is 5.92 Å². The number of aryl methyl sites for hydroxylation is 2. The van der Waals surface area contributed by atoms with E-state index in [1.165, 1.54) is 59.4 Å². The van der Waals surface area contributed by atoms with Gasteiger partial charge >= 0.3 is 0 Å². The monoisotopic (exact) mass is 414 g/mol. The molecule has 0 atom stereocenters. The average Bonchev–Trinajstić information content (AvgIpc) is 3.30. The van der Waals surface area contributed by atoms with Crippen LogP contribution in [0.4, 0.5) is 5.82 Å². The second-order valence-corrected chi connectivity index (χ2v) is 10.2. The number of nitrogens with one attached hydrogen (secondary N) is 1. The zero-order valence-electron chi connectivity index (χ0n) is 17.7. The van der Waals surface area contributed by atoms with Gasteiger partial charge in [0.15, 0.2) is 5.82 Å². The predicted octanol–water partition coefficient (Wildman–Crippen LogP) is 1.66. The van der Waals surface area contributed by atoms with Gasteiger partial charge < -0.3 is 14.7 Å². The van der Waals surface area contributed by atoms with E-state index in [1.807, 2.05) is 16.2 Å². The summed E-state index contributed by atoms with van der Waals surface area (Å²) < 4.78 is 0. The maximum absolute atomic E-state index is 11.7. The van der Waals surface area contributed by atoms with Gasteiger partial charge in [0.2, 0.25) is 5.91 Å². The van der Waals surface area contributed by atoms with E-state index >= 15 is 0 Å². The van der Waals surface area contributed by atoms with E-state index in [4.69, 9.17) is 9.97 Å². The van der Waals surface area contributed by atoms with E-state index in [0.717, 1.165) is 56.7 Å². The number of aromatic nitrogens is 2. The Bertz CT molecular complexity index is 910. The molecule has 3 aliphatic rings. The largest absolute Gasteiger partial charge is 0.352 e. The van der Waals surface area contributed by atoms with Gasteiger partial charge in [-0.25, -0.2) is 9.97 Å². The van der Waals surface area contributed by atoms with Gasteiger partial charge in [-0.05, 0) is 43.6 Å². The maximum Gasteiger partial charge on any atom is 0.219 e. The molecular weight excluding hydrogens is 382 g/mol. The van der Waals surface area contributed by atoms with Gasteiger partial charge in [-0.1, -0.05) is 6.92 Å². The first-order valence-corrected chi connectivity index (χ1v) is 12.1. The summed E-state index contributed by atoms with van der Waals surface area (Å²) in [7, 11) is 0. The van der Waals surface area contributed by atoms with Crippen molar-refractivity contribution < 1.29 is 9.69 Å². The van der Waals surface area contributed by atoms with Gasteiger partial charge in [-0.3, -0.25) is 4.79 Å². The molecule has 5 rings (SSSR count). The number of hydrogen-bond donors (Lipinski definition) is 1. The average molecular weight is 415 g/mol. The molecule has 2 aliphatic heterocycles. The lowest BCUT2D eigenvalue weighted by Crippen LogP contribution is -3.11. The Labute approximate surface area is 176 Å². The smallest absolute Gasteiger partial charge is 0.219 e. The van der Waals surface area contributed by atoms with Crippen molar-refractivity contribution in [1.82, 2.24) is 14.9 Å². The van der Waals surface area contributed by atoms with Crippen molar-refractivity contribution >= 4 is 33.3 Å². The van der Waals surface area contributed by atoms with Gasteiger partial charge in [0.1, 0.15) is 17.2 Å². The van der Waals surface area contributed by atoms with Crippen LogP contribution in [-0.2, 0) is 24.2 Å². The van der Waals surface area contributed by atoms with Crippen molar-refractivity contribution in [1.29, 1.82) is 0 Å². The Kier molecular flexibility index (Phi) is 5.20. The van der Waals surface area contributed by atoms with Gasteiger partial charge in [-0.2, -0.15) is 0 Å². The number of likely N-dealkylation sites (tertiary alicyclic amines) is 1. The molecule has 4 heterocycles. The minimum Gasteiger partial charge on any atom is -0.352 e. The lowest BCUT2D eigenvalue weighted by Gasteiger charge is -2.35. The molecule has 2 aromatic rings. The molecular formula is C22H32N5OS+. The summed E-state index contributed by atoms with van der Waals surface area (Å²) in [5.74, 6) is 3.18. The summed E-state index contributed by atoms with van der Waals surface area (Å²) >= 11 is 1.90. The molecule has 1 N–H and O–H groups in total. The van der Waals surface area contributed by atoms with Crippen LogP contribution < -0.4 is 9.80 Å². The highest BCUT2D eigenvalue weighted by Crippen LogP contribution is 2.40. The van der Waals surface area contributed by atoms with Crippen LogP contribution in [0, 0.1) is 5.92 Å². The minimum absolute atomic E-state index is 0.178. The summed E-state index contributed by atoms with van der Waals surface area (Å²) in [6.07, 6.45) is 6.23. The number of piperidine rings is 1. The molecule has 2 aromatic heterocycles. The zero-order chi connectivity index (χ0) is 20.0. The van der Waals surface area contributed by atoms with Gasteiger partial charge in [0.05, 0.1) is 18.5 Å². The third-order valence-corrected chi connectivity index (χ3v) is 8.19. The molecule has 0 spiro atoms. The summed E-state index contributed by atoms with van der Waals surface area (Å²) in [4.78, 5) is 30.6. The molecule has 0 unspecified atom stereocenters. The fourth-order valence-corrected chi connectivity index (χ4v) is 6.41. The maximum atomic E-state index is 11.7. The van der Waals surface area contributed by atoms with Crippen LogP contribution in [0.1, 0.15) is 49.4 Å². The van der Waals surface area contributed by atoms with Crippen LogP contribution in [0.5, 0.6) is 0 Å². The SMILES string of the molecule is CC(=O)N1CCN(c2nc(C[NH+]3CCC(C)CC3)nc3sc4c(c23)CCC4)CC1. The number of carbonyl (C=O) groups excluding carboxylic acids is 1. The summed E-state index contributed by atoms with van der Waals surface area (Å²) in [5.41, 5.74) is 1.50. The molecule has 156 valence electrons. The number of carbonyl (C=O) groups is 1. The van der Waals surface area contributed by atoms with E-state index in [2.05, 4.69) is 11.8 Å². The standard InChI is InChI=1S/C22H31N5OS/c1-15-6-8-25(9-7-15)14-19-23-21(27-12-10-26(11-13-27)16(2)28)20-17-4-3-5-18(17)29-22(20)24-19/h15H,3-14H2,1-2H3/p+1. The summed E-state index contributed by atoms with van der Waals surface area (Å²) in [5, 5.41) is 1.31. The second-order valence-electron chi connectivity index (χ2n) is 9.10. The predicted molar refractivity (Wildman–Crippen MR) is 117 cm³/mol. The van der Waals surface area contributed by atoms with Gasteiger partial charge in [-0.15, -0.1) is 11.3 Å². The molecule has 7 heteroatoms. The number of rotatable bonds is 3. The second kappa shape index (κ2) is 7.84. The molecule has 6 nitrogen and oxygen atoms in total. The Hall–Kier alpha value is -1.73. The normalized spacial score (nSPS) is 24.9. The van der Waals surface area contributed by atoms with Crippen molar-refractivity contribution in [3.63, 3.8) is 0 Å². The van der Waals surface area contributed by atoms with Crippen LogP contribution in [0.15, 0.2) is 0 Å². The molecule has 0 radical (unpaired) electrons. The summed E-state index contributed by atoms with van der Waals surface area (Å²) in [6.45, 7) is 10.7. The Morgan fingerprint density at radius 3 is 2.62 bits per heavy atom. The molecule has 2 fully saturated rings. The third kappa shape index (κ3) is 3.75. The van der Waals surface area contributed by atoms with E-state index in [0.29, 0.717) is 0 Å². The van der Waals surface area contributed by atoms with E-state index in [1.54, 1.807) is 11.8 Å². The molecule has 0 saturated carbocycles. The number of amides is 1. The zero-order valence-corrected chi connectivity index (χ0v) is 18.5. The first-order chi connectivity index (χ1) is 14.1. The van der Waals surface area contributed by atoms with Crippen LogP contribution in [0.3, 0.4) is 0 Å². The molecule has 0 bridgehead atoms. The molecule has 2 saturated heterocycles. The Balaban J connectivity index is 1.46. The van der Waals surface area contributed by atoms with Crippen molar-refractivity contribution in [3.05, 3.63) is 16.3 Å². The highest BCUT2D eigenvalue weighted by molar-refractivity contribution is 7.19. The molecule has 1 aliphatic carbocycles. The quantitative estimate of drug-likeness (QED) is 0.830. The van der Waals surface area contributed by atoms with Gasteiger partial charge in [0.25, 0.3) is 0 Å². The van der Waals surface area contributed by atoms with Crippen LogP contribution >= 0.6 is 11.3 Å². The lowest BCUT2D eigenvalue weighted by molar-refractivity contribution is -0.920. The fourth-order valence-electron chi connectivity index (χ4n) is 5.13. The number of piperazine rings is 1. The molecule has 1 amide bonds. The first-order valence-electron chi connectivity index (χ1n) is 11.2. The number of thiophene rings is 1. The topological polar surface area (TPSA) is 53.8 Å². The van der Waals surface area contributed by atoms with Crippen LogP contribution in [0.25, 0.3) is 10.2 Å². The highest BCUT2D eigenvalue weighted by atomic mass is 32.1. The van der Waals surface area contributed by atoms with E-state index in [9.17, 15) is 4.79 Å². The molecule has 0 aromatic carbocycles. The van der Waals surface area contributed by atoms with Crippen LogP contribution in [0.2, 0.25) is 0 Å². The Morgan fingerprint density at radius 2 is 1.90 bits per heavy atom. The number of nitrogens with zero attached hydrogens (tertiary/aromatic N) is 4.